The van der Waals surface area contributed by atoms with Crippen LogP contribution < -0.4 is 10.6 Å². The Balaban J connectivity index is 1.77. The number of hydrogen-bond acceptors (Lipinski definition) is 3. The van der Waals surface area contributed by atoms with E-state index in [1.807, 2.05) is 0 Å². The lowest BCUT2D eigenvalue weighted by Gasteiger charge is -2.12. The molecule has 0 radical (unpaired) electrons. The molecule has 1 aliphatic rings. The van der Waals surface area contributed by atoms with Crippen molar-refractivity contribution >= 4 is 28.9 Å². The zero-order valence-corrected chi connectivity index (χ0v) is 11.5. The van der Waals surface area contributed by atoms with E-state index in [0.717, 1.165) is 18.5 Å². The third-order valence-electron chi connectivity index (χ3n) is 3.33. The highest BCUT2D eigenvalue weighted by atomic mass is 32.1. The fraction of sp³-hybridized carbons (Fsp3) is 0.429. The maximum absolute atomic E-state index is 11.8. The minimum Gasteiger partial charge on any atom is -0.508 e. The number of benzene rings is 1. The molecule has 3 N–H and O–H groups in total. The van der Waals surface area contributed by atoms with Gasteiger partial charge in [-0.15, -0.1) is 0 Å². The van der Waals surface area contributed by atoms with E-state index in [9.17, 15) is 4.79 Å². The lowest BCUT2D eigenvalue weighted by Crippen LogP contribution is -2.34. The summed E-state index contributed by atoms with van der Waals surface area (Å²) in [5.74, 6) is 0.682. The molecule has 0 unspecified atom stereocenters. The highest BCUT2D eigenvalue weighted by Gasteiger charge is 2.18. The molecule has 0 aliphatic heterocycles. The molecule has 1 aromatic carbocycles. The smallest absolute Gasteiger partial charge is 0.226 e. The van der Waals surface area contributed by atoms with Crippen molar-refractivity contribution in [1.82, 2.24) is 5.32 Å². The lowest BCUT2D eigenvalue weighted by molar-refractivity contribution is -0.120. The number of amides is 1. The number of nitrogens with one attached hydrogen (secondary N) is 2. The van der Waals surface area contributed by atoms with Gasteiger partial charge in [0.15, 0.2) is 5.11 Å². The number of thiocarbonyl (C=S) groups is 1. The standard InChI is InChI=1S/C14H18N2O2S/c17-12-7-5-11(6-8-12)15-14(19)16-13(18)9-10-3-1-2-4-10/h5-8,10,17H,1-4,9H2,(H2,15,16,18,19). The van der Waals surface area contributed by atoms with Crippen LogP contribution in [0.25, 0.3) is 0 Å². The van der Waals surface area contributed by atoms with Gasteiger partial charge in [0.1, 0.15) is 5.75 Å². The van der Waals surface area contributed by atoms with Crippen LogP contribution in [0.15, 0.2) is 24.3 Å². The Hall–Kier alpha value is -1.62. The Bertz CT molecular complexity index is 453. The van der Waals surface area contributed by atoms with E-state index in [1.165, 1.54) is 12.8 Å². The first kappa shape index (κ1) is 13.8. The molecule has 102 valence electrons. The van der Waals surface area contributed by atoms with Gasteiger partial charge in [0.2, 0.25) is 5.91 Å². The first-order valence-electron chi connectivity index (χ1n) is 6.53. The normalized spacial score (nSPS) is 15.2. The van der Waals surface area contributed by atoms with E-state index >= 15 is 0 Å². The summed E-state index contributed by atoms with van der Waals surface area (Å²) in [6.45, 7) is 0. The van der Waals surface area contributed by atoms with Crippen molar-refractivity contribution in [2.45, 2.75) is 32.1 Å². The SMILES string of the molecule is O=C(CC1CCCC1)NC(=S)Nc1ccc(O)cc1. The Labute approximate surface area is 118 Å². The second-order valence-corrected chi connectivity index (χ2v) is 5.31. The lowest BCUT2D eigenvalue weighted by atomic mass is 10.0. The van der Waals surface area contributed by atoms with Crippen LogP contribution in [0.3, 0.4) is 0 Å². The monoisotopic (exact) mass is 278 g/mol. The van der Waals surface area contributed by atoms with E-state index in [1.54, 1.807) is 24.3 Å². The molecule has 1 fully saturated rings. The first-order valence-corrected chi connectivity index (χ1v) is 6.94. The Kier molecular flexibility index (Phi) is 4.74. The maximum atomic E-state index is 11.8. The Morgan fingerprint density at radius 2 is 1.89 bits per heavy atom. The van der Waals surface area contributed by atoms with Crippen molar-refractivity contribution in [3.05, 3.63) is 24.3 Å². The van der Waals surface area contributed by atoms with E-state index in [2.05, 4.69) is 10.6 Å². The van der Waals surface area contributed by atoms with E-state index in [4.69, 9.17) is 17.3 Å². The molecule has 1 aliphatic carbocycles. The van der Waals surface area contributed by atoms with Crippen LogP contribution in [0.5, 0.6) is 5.75 Å². The third-order valence-corrected chi connectivity index (χ3v) is 3.53. The number of phenolic OH excluding ortho intramolecular Hbond substituents is 1. The average molecular weight is 278 g/mol. The molecule has 0 atom stereocenters. The van der Waals surface area contributed by atoms with Crippen LogP contribution >= 0.6 is 12.2 Å². The number of carbonyl (C=O) groups is 1. The van der Waals surface area contributed by atoms with Gasteiger partial charge in [-0.3, -0.25) is 4.79 Å². The third kappa shape index (κ3) is 4.52. The fourth-order valence-electron chi connectivity index (χ4n) is 2.36. The number of rotatable bonds is 3. The van der Waals surface area contributed by atoms with Crippen molar-refractivity contribution in [2.75, 3.05) is 5.32 Å². The number of hydrogen-bond donors (Lipinski definition) is 3. The number of carbonyl (C=O) groups excluding carboxylic acids is 1. The van der Waals surface area contributed by atoms with Gasteiger partial charge in [-0.05, 0) is 55.2 Å². The molecule has 1 saturated carbocycles. The number of aromatic hydroxyl groups is 1. The number of phenols is 1. The van der Waals surface area contributed by atoms with Crippen molar-refractivity contribution in [3.63, 3.8) is 0 Å². The fourth-order valence-corrected chi connectivity index (χ4v) is 2.59. The zero-order valence-electron chi connectivity index (χ0n) is 10.7. The topological polar surface area (TPSA) is 61.4 Å². The molecule has 1 amide bonds. The van der Waals surface area contributed by atoms with Crippen molar-refractivity contribution in [3.8, 4) is 5.75 Å². The summed E-state index contributed by atoms with van der Waals surface area (Å²) >= 11 is 5.08. The van der Waals surface area contributed by atoms with E-state index < -0.39 is 0 Å². The molecule has 4 nitrogen and oxygen atoms in total. The van der Waals surface area contributed by atoms with Crippen LogP contribution in [0.4, 0.5) is 5.69 Å². The van der Waals surface area contributed by atoms with Crippen molar-refractivity contribution in [1.29, 1.82) is 0 Å². The maximum Gasteiger partial charge on any atom is 0.226 e. The predicted octanol–water partition coefficient (Wildman–Crippen LogP) is 2.79. The highest BCUT2D eigenvalue weighted by Crippen LogP contribution is 2.27. The van der Waals surface area contributed by atoms with Gasteiger partial charge < -0.3 is 15.7 Å². The van der Waals surface area contributed by atoms with Crippen molar-refractivity contribution < 1.29 is 9.90 Å². The van der Waals surface area contributed by atoms with Gasteiger partial charge >= 0.3 is 0 Å². The summed E-state index contributed by atoms with van der Waals surface area (Å²) in [5, 5.41) is 15.1. The largest absolute Gasteiger partial charge is 0.508 e. The summed E-state index contributed by atoms with van der Waals surface area (Å²) in [7, 11) is 0. The number of anilines is 1. The molecule has 0 heterocycles. The van der Waals surface area contributed by atoms with Gasteiger partial charge in [-0.1, -0.05) is 12.8 Å². The molecule has 1 aromatic rings. The van der Waals surface area contributed by atoms with Gasteiger partial charge in [-0.2, -0.15) is 0 Å². The molecule has 0 aromatic heterocycles. The molecule has 0 spiro atoms. The summed E-state index contributed by atoms with van der Waals surface area (Å²) < 4.78 is 0. The predicted molar refractivity (Wildman–Crippen MR) is 79.0 cm³/mol. The van der Waals surface area contributed by atoms with Crippen LogP contribution in [-0.2, 0) is 4.79 Å². The minimum atomic E-state index is -0.0248. The second-order valence-electron chi connectivity index (χ2n) is 4.90. The van der Waals surface area contributed by atoms with Gasteiger partial charge in [0.05, 0.1) is 0 Å². The Morgan fingerprint density at radius 3 is 2.53 bits per heavy atom. The first-order chi connectivity index (χ1) is 9.13. The summed E-state index contributed by atoms with van der Waals surface area (Å²) in [6.07, 6.45) is 5.30. The van der Waals surface area contributed by atoms with Crippen LogP contribution in [0.2, 0.25) is 0 Å². The summed E-state index contributed by atoms with van der Waals surface area (Å²) in [5.41, 5.74) is 0.740. The van der Waals surface area contributed by atoms with Crippen LogP contribution in [0, 0.1) is 5.92 Å². The molecule has 0 saturated heterocycles. The average Bonchev–Trinajstić information content (AvgIpc) is 2.84. The molecular weight excluding hydrogens is 260 g/mol. The van der Waals surface area contributed by atoms with Gasteiger partial charge in [-0.25, -0.2) is 0 Å². The quantitative estimate of drug-likeness (QED) is 0.588. The van der Waals surface area contributed by atoms with Gasteiger partial charge in [0, 0.05) is 12.1 Å². The van der Waals surface area contributed by atoms with Crippen LogP contribution in [0.1, 0.15) is 32.1 Å². The van der Waals surface area contributed by atoms with Crippen LogP contribution in [-0.4, -0.2) is 16.1 Å². The Morgan fingerprint density at radius 1 is 1.26 bits per heavy atom. The zero-order chi connectivity index (χ0) is 13.7. The summed E-state index contributed by atoms with van der Waals surface area (Å²) in [4.78, 5) is 11.8. The molecule has 5 heteroatoms. The molecule has 0 bridgehead atoms. The minimum absolute atomic E-state index is 0.0248. The van der Waals surface area contributed by atoms with E-state index in [0.29, 0.717) is 17.5 Å². The summed E-state index contributed by atoms with van der Waals surface area (Å²) in [6, 6.07) is 6.52. The second kappa shape index (κ2) is 6.52. The molecular formula is C14H18N2O2S. The van der Waals surface area contributed by atoms with E-state index in [-0.39, 0.29) is 11.7 Å². The van der Waals surface area contributed by atoms with Gasteiger partial charge in [0.25, 0.3) is 0 Å². The highest BCUT2D eigenvalue weighted by molar-refractivity contribution is 7.80. The molecule has 19 heavy (non-hydrogen) atoms. The molecule has 2 rings (SSSR count). The van der Waals surface area contributed by atoms with Crippen molar-refractivity contribution in [2.24, 2.45) is 5.92 Å².